The molecule has 0 radical (unpaired) electrons. The van der Waals surface area contributed by atoms with Crippen LogP contribution < -0.4 is 29.4 Å². The van der Waals surface area contributed by atoms with E-state index in [-0.39, 0.29) is 95.6 Å². The summed E-state index contributed by atoms with van der Waals surface area (Å²) >= 11 is 0. The topological polar surface area (TPSA) is 71.0 Å². The second-order valence-electron chi connectivity index (χ2n) is 40.4. The van der Waals surface area contributed by atoms with Gasteiger partial charge in [-0.3, -0.25) is 0 Å². The van der Waals surface area contributed by atoms with Crippen LogP contribution in [0.2, 0.25) is 0 Å². The van der Waals surface area contributed by atoms with Crippen molar-refractivity contribution in [2.75, 3.05) is 29.4 Å². The van der Waals surface area contributed by atoms with Crippen molar-refractivity contribution < 1.29 is 41.5 Å². The number of para-hydroxylation sites is 6. The predicted octanol–water partition coefficient (Wildman–Crippen LogP) is 27.4. The molecule has 0 saturated heterocycles. The Labute approximate surface area is 747 Å². The van der Waals surface area contributed by atoms with Crippen molar-refractivity contribution >= 4 is 103 Å². The van der Waals surface area contributed by atoms with Crippen LogP contribution in [0.25, 0.3) is 0 Å². The Kier molecular flexibility index (Phi) is 16.2. The summed E-state index contributed by atoms with van der Waals surface area (Å²) in [5.41, 5.74) is 38.3. The summed E-state index contributed by atoms with van der Waals surface area (Å²) in [7, 11) is 0. The van der Waals surface area contributed by atoms with E-state index in [2.05, 4.69) is 398 Å². The first kappa shape index (κ1) is 78.2. The van der Waals surface area contributed by atoms with Gasteiger partial charge in [-0.05, 0) is 125 Å². The fourth-order valence-corrected chi connectivity index (χ4v) is 23.5. The van der Waals surface area contributed by atoms with Gasteiger partial charge >= 0.3 is 41.5 Å². The van der Waals surface area contributed by atoms with Crippen LogP contribution in [-0.2, 0) is 95.6 Å². The first-order chi connectivity index (χ1) is 57.1. The molecule has 0 fully saturated rings. The number of anilines is 18. The maximum atomic E-state index is 5.16. The first-order valence-corrected chi connectivity index (χ1v) is 42.9. The van der Waals surface area contributed by atoms with Gasteiger partial charge in [0, 0.05) is 80.1 Å². The number of aromatic nitrogens is 4. The smallest absolute Gasteiger partial charge is 0.358 e. The molecule has 0 N–H and O–H groups in total. The fourth-order valence-electron chi connectivity index (χ4n) is 23.5. The van der Waals surface area contributed by atoms with E-state index < -0.39 is 0 Å². The van der Waals surface area contributed by atoms with Crippen molar-refractivity contribution in [1.82, 2.24) is 19.9 Å². The minimum Gasteiger partial charge on any atom is -0.358 e. The normalized spacial score (nSPS) is 18.8. The van der Waals surface area contributed by atoms with E-state index in [0.29, 0.717) is 0 Å². The van der Waals surface area contributed by atoms with Crippen LogP contribution in [0.4, 0.5) is 103 Å². The number of benzene rings is 10. The van der Waals surface area contributed by atoms with Crippen molar-refractivity contribution in [2.45, 2.75) is 193 Å². The van der Waals surface area contributed by atoms with E-state index in [0.717, 1.165) is 80.1 Å². The zero-order valence-electron chi connectivity index (χ0n) is 73.0. The van der Waals surface area contributed by atoms with Gasteiger partial charge in [0.2, 0.25) is 0 Å². The van der Waals surface area contributed by atoms with E-state index in [1.807, 2.05) is 24.8 Å². The quantitative estimate of drug-likeness (QED) is 0.123. The first-order valence-electron chi connectivity index (χ1n) is 42.9. The molecule has 10 aromatic carbocycles. The van der Waals surface area contributed by atoms with Crippen LogP contribution in [0.15, 0.2) is 231 Å². The van der Waals surface area contributed by atoms with Crippen molar-refractivity contribution in [1.29, 1.82) is 0 Å². The SMILES string of the molecule is CC1(C)c2cc3c([c-]c2N(c2[c-]c4c(cc2)C(C)(C)c2cccc5c2N4c2ncccc2C5(C)C)c2ccccc21)N1c2ncccc2C(C)(C)c2cccc(c21)C3(C)C.CC1(C)c2cc3c([c-]c2N(c2[c-]c4c(cc2)C(C)(C)c2cccc5c2N4c2ncccc2C5(C)C)c2ccccc21)N1c2ncccc2C(C)(C)c2cccc(c21)C3(C)C.[Pd+2].[Pt+2]. The minimum absolute atomic E-state index is 0. The summed E-state index contributed by atoms with van der Waals surface area (Å²) in [6.07, 6.45) is 7.74. The van der Waals surface area contributed by atoms with Crippen LogP contribution in [0, 0.1) is 24.3 Å². The molecule has 24 rings (SSSR count). The van der Waals surface area contributed by atoms with Gasteiger partial charge in [0.15, 0.2) is 0 Å². The van der Waals surface area contributed by atoms with Crippen LogP contribution >= 0.6 is 0 Å². The van der Waals surface area contributed by atoms with Crippen LogP contribution in [-0.4, -0.2) is 19.9 Å². The summed E-state index contributed by atoms with van der Waals surface area (Å²) in [6, 6.07) is 93.6. The Morgan fingerprint density at radius 2 is 0.402 bits per heavy atom. The largest absolute Gasteiger partial charge is 2.00 e. The summed E-state index contributed by atoms with van der Waals surface area (Å²) in [5, 5.41) is 0. The molecule has 0 atom stereocenters. The molecule has 10 aliphatic rings. The Bertz CT molecular complexity index is 6510. The maximum Gasteiger partial charge on any atom is 2.00 e. The van der Waals surface area contributed by atoms with Crippen LogP contribution in [0.1, 0.15) is 250 Å². The monoisotopic (exact) mass is 1860 g/mol. The molecule has 4 aromatic heterocycles. The molecule has 10 aliphatic heterocycles. The number of nitrogens with zero attached hydrogens (tertiary/aromatic N) is 10. The molecule has 0 aliphatic carbocycles. The van der Waals surface area contributed by atoms with Gasteiger partial charge in [-0.1, -0.05) is 317 Å². The molecular weight excluding hydrogens is 1760 g/mol. The van der Waals surface area contributed by atoms with Crippen LogP contribution in [0.5, 0.6) is 0 Å². The number of hydrogen-bond donors (Lipinski definition) is 0. The standard InChI is InChI=1S/2C55H49N5.Pd.Pt/c2*1-51(2)34-26-25-32(29-44(34)59-47-35(51)18-13-19-36(47)53(5,6)39-22-15-27-56-49(39)59)58-43-24-12-11-17-33(43)52(3,4)41-30-42-46(31-45(41)58)60-48-37(20-14-21-38(48)55(42,9)10)54(7,8)40-23-16-28-57-50(40)60;;/h2*11-28,30H,1-10H3;;/q2*-2;2*+2. The van der Waals surface area contributed by atoms with Gasteiger partial charge in [-0.2, -0.15) is 24.3 Å². The van der Waals surface area contributed by atoms with E-state index in [1.165, 1.54) is 134 Å². The Balaban J connectivity index is 0.000000148. The molecule has 0 saturated carbocycles. The Morgan fingerprint density at radius 3 is 0.672 bits per heavy atom. The molecule has 122 heavy (non-hydrogen) atoms. The van der Waals surface area contributed by atoms with Gasteiger partial charge in [-0.25, -0.2) is 19.9 Å². The van der Waals surface area contributed by atoms with Crippen molar-refractivity contribution in [2.24, 2.45) is 0 Å². The molecule has 14 aromatic rings. The molecule has 0 amide bonds. The maximum absolute atomic E-state index is 5.16. The number of pyridine rings is 4. The summed E-state index contributed by atoms with van der Waals surface area (Å²) in [5.74, 6) is 3.91. The van der Waals surface area contributed by atoms with Gasteiger partial charge in [0.25, 0.3) is 0 Å². The van der Waals surface area contributed by atoms with E-state index in [9.17, 15) is 0 Å². The molecule has 0 bridgehead atoms. The molecule has 0 unspecified atom stereocenters. The number of fused-ring (bicyclic) bond motifs is 20. The summed E-state index contributed by atoms with van der Waals surface area (Å²) in [6.45, 7) is 47.2. The molecule has 12 heteroatoms. The second kappa shape index (κ2) is 25.3. The molecular formula is C110H98N10PdPt. The Morgan fingerprint density at radius 1 is 0.197 bits per heavy atom. The number of hydrogen-bond acceptors (Lipinski definition) is 10. The zero-order valence-corrected chi connectivity index (χ0v) is 76.9. The molecule has 608 valence electrons. The molecule has 0 spiro atoms. The van der Waals surface area contributed by atoms with Crippen molar-refractivity contribution in [3.05, 3.63) is 367 Å². The van der Waals surface area contributed by atoms with Crippen molar-refractivity contribution in [3.8, 4) is 0 Å². The van der Waals surface area contributed by atoms with Gasteiger partial charge < -0.3 is 29.4 Å². The Hall–Kier alpha value is -11.0. The third kappa shape index (κ3) is 9.75. The van der Waals surface area contributed by atoms with E-state index in [1.54, 1.807) is 0 Å². The van der Waals surface area contributed by atoms with Gasteiger partial charge in [-0.15, -0.1) is 69.8 Å². The minimum atomic E-state index is -0.308. The van der Waals surface area contributed by atoms with E-state index >= 15 is 0 Å². The predicted molar refractivity (Wildman–Crippen MR) is 489 cm³/mol. The molecule has 14 heterocycles. The third-order valence-corrected chi connectivity index (χ3v) is 30.5. The number of rotatable bonds is 2. The second-order valence-corrected chi connectivity index (χ2v) is 40.4. The average Bonchev–Trinajstić information content (AvgIpc) is 0.681. The van der Waals surface area contributed by atoms with Crippen molar-refractivity contribution in [3.63, 3.8) is 0 Å². The fraction of sp³-hybridized carbons (Fsp3) is 0.273. The molecule has 10 nitrogen and oxygen atoms in total. The average molecular weight is 1860 g/mol. The summed E-state index contributed by atoms with van der Waals surface area (Å²) < 4.78 is 0. The van der Waals surface area contributed by atoms with E-state index in [4.69, 9.17) is 19.9 Å². The van der Waals surface area contributed by atoms with Gasteiger partial charge in [0.05, 0.1) is 22.7 Å². The van der Waals surface area contributed by atoms with Crippen LogP contribution in [0.3, 0.4) is 0 Å². The third-order valence-electron chi connectivity index (χ3n) is 30.5. The summed E-state index contributed by atoms with van der Waals surface area (Å²) in [4.78, 5) is 35.1. The zero-order chi connectivity index (χ0) is 82.9. The van der Waals surface area contributed by atoms with Gasteiger partial charge in [0.1, 0.15) is 23.3 Å².